The predicted molar refractivity (Wildman–Crippen MR) is 190 cm³/mol. The number of ether oxygens (including phenoxy) is 5. The van der Waals surface area contributed by atoms with Gasteiger partial charge in [0.05, 0.1) is 58.0 Å². The average molecular weight is 652 g/mol. The molecule has 0 radical (unpaired) electrons. The lowest BCUT2D eigenvalue weighted by Crippen LogP contribution is -2.27. The summed E-state index contributed by atoms with van der Waals surface area (Å²) in [5, 5.41) is 0. The van der Waals surface area contributed by atoms with Gasteiger partial charge >= 0.3 is 0 Å². The van der Waals surface area contributed by atoms with Gasteiger partial charge < -0.3 is 33.5 Å². The van der Waals surface area contributed by atoms with Crippen molar-refractivity contribution < 1.29 is 28.5 Å². The molecule has 0 aliphatic carbocycles. The molecule has 0 aromatic heterocycles. The quantitative estimate of drug-likeness (QED) is 0.0383. The molecule has 0 saturated carbocycles. The molecule has 0 heterocycles. The van der Waals surface area contributed by atoms with Crippen molar-refractivity contribution >= 4 is 41.4 Å². The lowest BCUT2D eigenvalue weighted by molar-refractivity contribution is 0.0265. The van der Waals surface area contributed by atoms with Crippen LogP contribution in [0.4, 0.5) is 17.1 Å². The van der Waals surface area contributed by atoms with Gasteiger partial charge in [-0.15, -0.1) is 11.8 Å². The minimum Gasteiger partial charge on any atom is -0.493 e. The smallest absolute Gasteiger partial charge is 0.163 e. The van der Waals surface area contributed by atoms with Crippen molar-refractivity contribution in [3.05, 3.63) is 76.9 Å². The topological polar surface area (TPSA) is 82.1 Å². The van der Waals surface area contributed by atoms with Crippen LogP contribution in [-0.2, 0) is 33.7 Å². The van der Waals surface area contributed by atoms with Crippen LogP contribution in [0.1, 0.15) is 40.9 Å². The average Bonchev–Trinajstić information content (AvgIpc) is 3.09. The SMILES string of the molecule is CCc1cc(COc2cc(N=CN(C)c3ccccc3CC)c(C=O)cc2OC)cc(N(CCOCCOCCOC)CSC)c1. The number of carbonyl (C=O) groups is 1. The Hall–Kier alpha value is -3.57. The fourth-order valence-corrected chi connectivity index (χ4v) is 5.44. The number of hydrogen-bond acceptors (Lipinski definition) is 9. The maximum Gasteiger partial charge on any atom is 0.163 e. The predicted octanol–water partition coefficient (Wildman–Crippen LogP) is 6.81. The molecule has 0 fully saturated rings. The summed E-state index contributed by atoms with van der Waals surface area (Å²) >= 11 is 1.77. The number of rotatable bonds is 22. The first-order chi connectivity index (χ1) is 22.5. The molecule has 3 aromatic carbocycles. The van der Waals surface area contributed by atoms with Gasteiger partial charge in [0.1, 0.15) is 6.61 Å². The van der Waals surface area contributed by atoms with E-state index in [4.69, 9.17) is 23.7 Å². The van der Waals surface area contributed by atoms with Crippen LogP contribution in [0.15, 0.2) is 59.6 Å². The number of methoxy groups -OCH3 is 2. The van der Waals surface area contributed by atoms with Crippen LogP contribution < -0.4 is 19.3 Å². The molecule has 0 spiro atoms. The van der Waals surface area contributed by atoms with Crippen LogP contribution in [-0.4, -0.2) is 85.6 Å². The lowest BCUT2D eigenvalue weighted by atomic mass is 10.1. The zero-order valence-electron chi connectivity index (χ0n) is 28.1. The summed E-state index contributed by atoms with van der Waals surface area (Å²) in [6, 6.07) is 18.2. The molecule has 10 heteroatoms. The van der Waals surface area contributed by atoms with Crippen LogP contribution >= 0.6 is 11.8 Å². The van der Waals surface area contributed by atoms with Crippen LogP contribution in [0.3, 0.4) is 0 Å². The Morgan fingerprint density at radius 1 is 0.870 bits per heavy atom. The molecule has 250 valence electrons. The number of nitrogens with zero attached hydrogens (tertiary/aromatic N) is 3. The van der Waals surface area contributed by atoms with Crippen molar-refractivity contribution in [2.45, 2.75) is 33.3 Å². The van der Waals surface area contributed by atoms with Crippen LogP contribution in [0, 0.1) is 0 Å². The van der Waals surface area contributed by atoms with Crippen molar-refractivity contribution in [2.75, 3.05) is 82.8 Å². The Morgan fingerprint density at radius 3 is 2.30 bits per heavy atom. The van der Waals surface area contributed by atoms with Gasteiger partial charge in [0.25, 0.3) is 0 Å². The minimum absolute atomic E-state index is 0.326. The third-order valence-corrected chi connectivity index (χ3v) is 7.93. The molecule has 9 nitrogen and oxygen atoms in total. The van der Waals surface area contributed by atoms with Crippen LogP contribution in [0.2, 0.25) is 0 Å². The highest BCUT2D eigenvalue weighted by molar-refractivity contribution is 7.98. The summed E-state index contributed by atoms with van der Waals surface area (Å²) in [6.45, 7) is 8.20. The van der Waals surface area contributed by atoms with E-state index in [2.05, 4.69) is 60.3 Å². The number of hydrogen-bond donors (Lipinski definition) is 0. The summed E-state index contributed by atoms with van der Waals surface area (Å²) in [5.41, 5.74) is 6.58. The zero-order valence-corrected chi connectivity index (χ0v) is 28.9. The van der Waals surface area contributed by atoms with E-state index in [1.807, 2.05) is 24.1 Å². The van der Waals surface area contributed by atoms with Crippen molar-refractivity contribution in [1.29, 1.82) is 0 Å². The lowest BCUT2D eigenvalue weighted by Gasteiger charge is -2.25. The maximum atomic E-state index is 12.0. The molecule has 0 bridgehead atoms. The summed E-state index contributed by atoms with van der Waals surface area (Å²) in [6.07, 6.45) is 6.41. The van der Waals surface area contributed by atoms with Crippen molar-refractivity contribution in [2.24, 2.45) is 4.99 Å². The number of aliphatic imine (C=N–C) groups is 1. The van der Waals surface area contributed by atoms with E-state index in [1.54, 1.807) is 44.5 Å². The first kappa shape index (κ1) is 36.9. The second kappa shape index (κ2) is 20.5. The number of thioether (sulfide) groups is 1. The number of aryl methyl sites for hydroxylation is 2. The number of anilines is 2. The second-order valence-electron chi connectivity index (χ2n) is 10.6. The monoisotopic (exact) mass is 651 g/mol. The molecule has 0 amide bonds. The van der Waals surface area contributed by atoms with Crippen molar-refractivity contribution in [3.63, 3.8) is 0 Å². The molecule has 0 aliphatic heterocycles. The second-order valence-corrected chi connectivity index (χ2v) is 11.4. The molecule has 0 aliphatic rings. The van der Waals surface area contributed by atoms with Crippen molar-refractivity contribution in [3.8, 4) is 11.5 Å². The first-order valence-corrected chi connectivity index (χ1v) is 17.0. The molecule has 0 saturated heterocycles. The summed E-state index contributed by atoms with van der Waals surface area (Å²) in [4.78, 5) is 20.9. The Morgan fingerprint density at radius 2 is 1.61 bits per heavy atom. The maximum absolute atomic E-state index is 12.0. The molecule has 3 rings (SSSR count). The molecule has 0 N–H and O–H groups in total. The Labute approximate surface area is 278 Å². The first-order valence-electron chi connectivity index (χ1n) is 15.6. The fourth-order valence-electron chi connectivity index (χ4n) is 4.85. The number of benzene rings is 3. The highest BCUT2D eigenvalue weighted by Crippen LogP contribution is 2.35. The van der Waals surface area contributed by atoms with Gasteiger partial charge in [-0.1, -0.05) is 38.1 Å². The number of para-hydroxylation sites is 1. The summed E-state index contributed by atoms with van der Waals surface area (Å²) < 4.78 is 28.3. The molecule has 0 atom stereocenters. The van der Waals surface area contributed by atoms with E-state index in [1.165, 1.54) is 11.1 Å². The third-order valence-electron chi connectivity index (χ3n) is 7.36. The van der Waals surface area contributed by atoms with Gasteiger partial charge in [-0.2, -0.15) is 0 Å². The molecular formula is C36H49N3O6S. The van der Waals surface area contributed by atoms with E-state index in [0.29, 0.717) is 62.4 Å². The molecule has 3 aromatic rings. The normalized spacial score (nSPS) is 11.2. The van der Waals surface area contributed by atoms with Gasteiger partial charge in [-0.3, -0.25) is 4.79 Å². The summed E-state index contributed by atoms with van der Waals surface area (Å²) in [5.74, 6) is 1.83. The Kier molecular flexibility index (Phi) is 16.5. The Balaban J connectivity index is 1.76. The number of carbonyl (C=O) groups excluding carboxylic acids is 1. The van der Waals surface area contributed by atoms with E-state index >= 15 is 0 Å². The Bertz CT molecular complexity index is 1390. The largest absolute Gasteiger partial charge is 0.493 e. The standard InChI is InChI=1S/C36H49N3O6S/c1-7-28-19-29(21-32(20-28)39(27-46-6)13-14-43-17-18-44-16-15-41-4)25-45-36-23-33(31(24-40)22-35(36)42-5)37-26-38(3)34-12-10-9-11-30(34)8-2/h9-12,19-24,26H,7-8,13-18,25,27H2,1-6H3. The number of aldehydes is 1. The zero-order chi connectivity index (χ0) is 33.1. The van der Waals surface area contributed by atoms with Crippen LogP contribution in [0.5, 0.6) is 11.5 Å². The van der Waals surface area contributed by atoms with Gasteiger partial charge in [0.2, 0.25) is 0 Å². The van der Waals surface area contributed by atoms with Gasteiger partial charge in [0, 0.05) is 43.7 Å². The van der Waals surface area contributed by atoms with Crippen LogP contribution in [0.25, 0.3) is 0 Å². The highest BCUT2D eigenvalue weighted by Gasteiger charge is 2.14. The fraction of sp³-hybridized carbons (Fsp3) is 0.444. The van der Waals surface area contributed by atoms with Crippen molar-refractivity contribution in [1.82, 2.24) is 0 Å². The van der Waals surface area contributed by atoms with E-state index in [-0.39, 0.29) is 0 Å². The van der Waals surface area contributed by atoms with Gasteiger partial charge in [-0.05, 0) is 60.1 Å². The molecular weight excluding hydrogens is 602 g/mol. The third kappa shape index (κ3) is 11.3. The summed E-state index contributed by atoms with van der Waals surface area (Å²) in [7, 11) is 5.18. The van der Waals surface area contributed by atoms with E-state index in [9.17, 15) is 4.79 Å². The molecule has 46 heavy (non-hydrogen) atoms. The molecule has 0 unspecified atom stereocenters. The highest BCUT2D eigenvalue weighted by atomic mass is 32.2. The minimum atomic E-state index is 0.326. The van der Waals surface area contributed by atoms with E-state index in [0.717, 1.165) is 48.5 Å². The van der Waals surface area contributed by atoms with Gasteiger partial charge in [0.15, 0.2) is 17.8 Å². The van der Waals surface area contributed by atoms with E-state index < -0.39 is 0 Å². The van der Waals surface area contributed by atoms with Gasteiger partial charge in [-0.25, -0.2) is 4.99 Å².